The minimum Gasteiger partial charge on any atom is -0.380 e. The maximum absolute atomic E-state index is 11.5. The highest BCUT2D eigenvalue weighted by Gasteiger charge is 2.01. The molecule has 0 bridgehead atoms. The van der Waals surface area contributed by atoms with Crippen LogP contribution < -0.4 is 10.9 Å². The lowest BCUT2D eigenvalue weighted by atomic mass is 10.1. The second kappa shape index (κ2) is 6.06. The number of hydrogen-bond acceptors (Lipinski definition) is 2. The minimum atomic E-state index is 0.0320. The van der Waals surface area contributed by atoms with E-state index < -0.39 is 0 Å². The molecule has 1 aromatic heterocycles. The van der Waals surface area contributed by atoms with Crippen molar-refractivity contribution in [3.8, 4) is 0 Å². The summed E-state index contributed by atoms with van der Waals surface area (Å²) in [5.74, 6) is 0. The fraction of sp³-hybridized carbons (Fsp3) is 0.267. The molecule has 1 heterocycles. The van der Waals surface area contributed by atoms with Crippen molar-refractivity contribution < 1.29 is 0 Å². The van der Waals surface area contributed by atoms with Crippen molar-refractivity contribution in [3.05, 3.63) is 62.5 Å². The Bertz CT molecular complexity index is 634. The van der Waals surface area contributed by atoms with Crippen LogP contribution in [0, 0.1) is 6.92 Å². The Kier molecular flexibility index (Phi) is 4.43. The zero-order valence-electron chi connectivity index (χ0n) is 11.1. The van der Waals surface area contributed by atoms with Crippen molar-refractivity contribution in [1.29, 1.82) is 0 Å². The van der Waals surface area contributed by atoms with Crippen molar-refractivity contribution in [2.75, 3.05) is 5.32 Å². The molecule has 0 saturated heterocycles. The van der Waals surface area contributed by atoms with Gasteiger partial charge in [0.1, 0.15) is 0 Å². The third-order valence-corrected chi connectivity index (χ3v) is 3.75. The molecule has 1 N–H and O–H groups in total. The molecule has 0 amide bonds. The number of anilines is 1. The van der Waals surface area contributed by atoms with E-state index in [1.165, 1.54) is 11.1 Å². The fourth-order valence-electron chi connectivity index (χ4n) is 1.88. The predicted octanol–water partition coefficient (Wildman–Crippen LogP) is 3.55. The molecule has 0 unspecified atom stereocenters. The van der Waals surface area contributed by atoms with E-state index in [1.807, 2.05) is 19.2 Å². The Labute approximate surface area is 121 Å². The van der Waals surface area contributed by atoms with E-state index in [9.17, 15) is 4.79 Å². The number of rotatable bonds is 4. The second-order valence-corrected chi connectivity index (χ2v) is 5.34. The molecular weight excluding hydrogens is 304 g/mol. The highest BCUT2D eigenvalue weighted by Crippen LogP contribution is 2.19. The van der Waals surface area contributed by atoms with Crippen LogP contribution in [0.1, 0.15) is 18.1 Å². The maximum Gasteiger partial charge on any atom is 0.250 e. The van der Waals surface area contributed by atoms with Gasteiger partial charge in [-0.05, 0) is 37.1 Å². The summed E-state index contributed by atoms with van der Waals surface area (Å²) >= 11 is 3.57. The van der Waals surface area contributed by atoms with Gasteiger partial charge in [0.2, 0.25) is 0 Å². The van der Waals surface area contributed by atoms with Gasteiger partial charge in [-0.25, -0.2) is 0 Å². The molecule has 19 heavy (non-hydrogen) atoms. The lowest BCUT2D eigenvalue weighted by molar-refractivity contribution is 0.727. The Hall–Kier alpha value is -1.55. The molecular formula is C15H17BrN2O. The summed E-state index contributed by atoms with van der Waals surface area (Å²) in [7, 11) is 0. The van der Waals surface area contributed by atoms with Crippen molar-refractivity contribution in [3.63, 3.8) is 0 Å². The Balaban J connectivity index is 2.12. The topological polar surface area (TPSA) is 34.0 Å². The predicted molar refractivity (Wildman–Crippen MR) is 82.6 cm³/mol. The van der Waals surface area contributed by atoms with Crippen molar-refractivity contribution in [1.82, 2.24) is 4.57 Å². The molecule has 0 spiro atoms. The Morgan fingerprint density at radius 1 is 1.26 bits per heavy atom. The average Bonchev–Trinajstić information content (AvgIpc) is 2.39. The van der Waals surface area contributed by atoms with E-state index in [0.29, 0.717) is 6.54 Å². The van der Waals surface area contributed by atoms with Gasteiger partial charge < -0.3 is 9.88 Å². The molecule has 0 aliphatic carbocycles. The van der Waals surface area contributed by atoms with Crippen molar-refractivity contribution in [2.24, 2.45) is 0 Å². The largest absolute Gasteiger partial charge is 0.380 e. The van der Waals surface area contributed by atoms with E-state index >= 15 is 0 Å². The molecule has 0 saturated carbocycles. The number of aromatic nitrogens is 1. The molecule has 4 heteroatoms. The van der Waals surface area contributed by atoms with Gasteiger partial charge in [-0.15, -0.1) is 0 Å². The van der Waals surface area contributed by atoms with Crippen LogP contribution >= 0.6 is 15.9 Å². The highest BCUT2D eigenvalue weighted by atomic mass is 79.9. The number of nitrogens with one attached hydrogen (secondary N) is 1. The molecule has 2 aromatic rings. The lowest BCUT2D eigenvalue weighted by Crippen LogP contribution is -2.17. The molecule has 0 radical (unpaired) electrons. The zero-order valence-corrected chi connectivity index (χ0v) is 12.7. The number of halogens is 1. The number of benzene rings is 1. The third kappa shape index (κ3) is 3.47. The first-order valence-electron chi connectivity index (χ1n) is 6.29. The summed E-state index contributed by atoms with van der Waals surface area (Å²) < 4.78 is 2.79. The molecule has 0 fully saturated rings. The van der Waals surface area contributed by atoms with Gasteiger partial charge in [-0.3, -0.25) is 4.79 Å². The van der Waals surface area contributed by atoms with Crippen LogP contribution in [-0.4, -0.2) is 4.57 Å². The van der Waals surface area contributed by atoms with Gasteiger partial charge in [0, 0.05) is 29.8 Å². The normalized spacial score (nSPS) is 10.5. The van der Waals surface area contributed by atoms with Gasteiger partial charge in [0.05, 0.1) is 5.69 Å². The molecule has 0 aliphatic rings. The first-order chi connectivity index (χ1) is 9.10. The SMILES string of the molecule is CCn1cc(NCc2ccc(C)cc2Br)ccc1=O. The molecule has 2 rings (SSSR count). The first kappa shape index (κ1) is 13.9. The van der Waals surface area contributed by atoms with E-state index in [1.54, 1.807) is 10.6 Å². The van der Waals surface area contributed by atoms with Crippen LogP contribution in [0.4, 0.5) is 5.69 Å². The fourth-order valence-corrected chi connectivity index (χ4v) is 2.51. The van der Waals surface area contributed by atoms with Crippen LogP contribution in [0.25, 0.3) is 0 Å². The lowest BCUT2D eigenvalue weighted by Gasteiger charge is -2.10. The van der Waals surface area contributed by atoms with Gasteiger partial charge in [-0.1, -0.05) is 28.1 Å². The highest BCUT2D eigenvalue weighted by molar-refractivity contribution is 9.10. The van der Waals surface area contributed by atoms with Gasteiger partial charge in [0.15, 0.2) is 0 Å². The molecule has 100 valence electrons. The zero-order chi connectivity index (χ0) is 13.8. The van der Waals surface area contributed by atoms with Gasteiger partial charge in [0.25, 0.3) is 5.56 Å². The van der Waals surface area contributed by atoms with Crippen LogP contribution in [0.2, 0.25) is 0 Å². The van der Waals surface area contributed by atoms with Crippen molar-refractivity contribution >= 4 is 21.6 Å². The summed E-state index contributed by atoms with van der Waals surface area (Å²) in [5, 5.41) is 3.33. The summed E-state index contributed by atoms with van der Waals surface area (Å²) in [6, 6.07) is 9.70. The smallest absolute Gasteiger partial charge is 0.250 e. The summed E-state index contributed by atoms with van der Waals surface area (Å²) in [4.78, 5) is 11.5. The van der Waals surface area contributed by atoms with Crippen LogP contribution in [0.3, 0.4) is 0 Å². The van der Waals surface area contributed by atoms with E-state index in [4.69, 9.17) is 0 Å². The minimum absolute atomic E-state index is 0.0320. The molecule has 0 atom stereocenters. The van der Waals surface area contributed by atoms with Crippen LogP contribution in [0.5, 0.6) is 0 Å². The first-order valence-corrected chi connectivity index (χ1v) is 7.09. The van der Waals surface area contributed by atoms with Crippen LogP contribution in [0.15, 0.2) is 45.8 Å². The van der Waals surface area contributed by atoms with E-state index in [2.05, 4.69) is 46.4 Å². The second-order valence-electron chi connectivity index (χ2n) is 4.49. The standard InChI is InChI=1S/C15H17BrN2O/c1-3-18-10-13(6-7-15(18)19)17-9-12-5-4-11(2)8-14(12)16/h4-8,10,17H,3,9H2,1-2H3. The monoisotopic (exact) mass is 320 g/mol. The number of nitrogens with zero attached hydrogens (tertiary/aromatic N) is 1. The molecule has 3 nitrogen and oxygen atoms in total. The maximum atomic E-state index is 11.5. The van der Waals surface area contributed by atoms with Crippen LogP contribution in [-0.2, 0) is 13.1 Å². The quantitative estimate of drug-likeness (QED) is 0.934. The van der Waals surface area contributed by atoms with Gasteiger partial charge in [-0.2, -0.15) is 0 Å². The number of aryl methyl sites for hydroxylation is 2. The third-order valence-electron chi connectivity index (χ3n) is 3.02. The average molecular weight is 321 g/mol. The number of hydrogen-bond donors (Lipinski definition) is 1. The van der Waals surface area contributed by atoms with E-state index in [0.717, 1.165) is 16.7 Å². The molecule has 1 aromatic carbocycles. The number of pyridine rings is 1. The Morgan fingerprint density at radius 2 is 2.05 bits per heavy atom. The van der Waals surface area contributed by atoms with Gasteiger partial charge >= 0.3 is 0 Å². The van der Waals surface area contributed by atoms with E-state index in [-0.39, 0.29) is 5.56 Å². The summed E-state index contributed by atoms with van der Waals surface area (Å²) in [6.45, 7) is 5.44. The summed E-state index contributed by atoms with van der Waals surface area (Å²) in [6.07, 6.45) is 1.85. The Morgan fingerprint density at radius 3 is 2.74 bits per heavy atom. The molecule has 0 aliphatic heterocycles. The summed E-state index contributed by atoms with van der Waals surface area (Å²) in [5.41, 5.74) is 3.41. The van der Waals surface area contributed by atoms with Crippen molar-refractivity contribution in [2.45, 2.75) is 26.9 Å².